The number of nitrogens with zero attached hydrogens (tertiary/aromatic N) is 2. The molecular formula is C15H20N4OS. The molecule has 2 N–H and O–H groups in total. The van der Waals surface area contributed by atoms with Gasteiger partial charge in [0.25, 0.3) is 0 Å². The summed E-state index contributed by atoms with van der Waals surface area (Å²) in [6.45, 7) is 5.00. The van der Waals surface area contributed by atoms with Crippen molar-refractivity contribution in [3.05, 3.63) is 35.5 Å². The molecule has 0 aliphatic heterocycles. The Balaban J connectivity index is 1.81. The Hall–Kier alpha value is -1.95. The molecule has 2 aromatic heterocycles. The summed E-state index contributed by atoms with van der Waals surface area (Å²) < 4.78 is 0. The number of nitrogens with one attached hydrogen (secondary N) is 2. The van der Waals surface area contributed by atoms with Crippen molar-refractivity contribution in [2.24, 2.45) is 5.92 Å². The summed E-state index contributed by atoms with van der Waals surface area (Å²) >= 11 is 1.47. The highest BCUT2D eigenvalue weighted by atomic mass is 32.1. The first-order valence-electron chi connectivity index (χ1n) is 7.02. The van der Waals surface area contributed by atoms with Crippen LogP contribution in [0.15, 0.2) is 29.8 Å². The van der Waals surface area contributed by atoms with E-state index in [9.17, 15) is 4.79 Å². The molecule has 0 saturated heterocycles. The Morgan fingerprint density at radius 1 is 1.38 bits per heavy atom. The SMILES string of the molecule is CC(C)CCNC(=O)Cc1csc(Nc2ccccn2)n1. The Morgan fingerprint density at radius 3 is 2.95 bits per heavy atom. The number of anilines is 2. The average molecular weight is 304 g/mol. The minimum absolute atomic E-state index is 0.0188. The molecule has 0 aliphatic carbocycles. The van der Waals surface area contributed by atoms with E-state index in [1.807, 2.05) is 23.6 Å². The quantitative estimate of drug-likeness (QED) is 0.825. The molecule has 6 heteroatoms. The van der Waals surface area contributed by atoms with Crippen LogP contribution in [-0.2, 0) is 11.2 Å². The zero-order valence-electron chi connectivity index (χ0n) is 12.3. The summed E-state index contributed by atoms with van der Waals surface area (Å²) in [5.41, 5.74) is 0.778. The van der Waals surface area contributed by atoms with Gasteiger partial charge in [-0.1, -0.05) is 19.9 Å². The van der Waals surface area contributed by atoms with E-state index >= 15 is 0 Å². The van der Waals surface area contributed by atoms with Gasteiger partial charge in [-0.05, 0) is 24.5 Å². The monoisotopic (exact) mass is 304 g/mol. The van der Waals surface area contributed by atoms with Crippen molar-refractivity contribution >= 4 is 28.2 Å². The number of pyridine rings is 1. The average Bonchev–Trinajstić information content (AvgIpc) is 2.86. The summed E-state index contributed by atoms with van der Waals surface area (Å²) in [6.07, 6.45) is 3.03. The number of carbonyl (C=O) groups is 1. The molecule has 0 unspecified atom stereocenters. The number of carbonyl (C=O) groups excluding carboxylic acids is 1. The van der Waals surface area contributed by atoms with E-state index in [0.717, 1.165) is 29.6 Å². The zero-order chi connectivity index (χ0) is 15.1. The van der Waals surface area contributed by atoms with Gasteiger partial charge in [-0.15, -0.1) is 11.3 Å². The smallest absolute Gasteiger partial charge is 0.226 e. The van der Waals surface area contributed by atoms with Gasteiger partial charge in [0.2, 0.25) is 5.91 Å². The van der Waals surface area contributed by atoms with Crippen LogP contribution in [0.4, 0.5) is 10.9 Å². The third-order valence-electron chi connectivity index (χ3n) is 2.84. The summed E-state index contributed by atoms with van der Waals surface area (Å²) in [5.74, 6) is 1.36. The molecular weight excluding hydrogens is 284 g/mol. The van der Waals surface area contributed by atoms with Crippen LogP contribution < -0.4 is 10.6 Å². The molecule has 0 atom stereocenters. The fourth-order valence-electron chi connectivity index (χ4n) is 1.72. The van der Waals surface area contributed by atoms with E-state index in [0.29, 0.717) is 12.3 Å². The molecule has 0 spiro atoms. The number of thiazole rings is 1. The minimum atomic E-state index is 0.0188. The molecule has 0 fully saturated rings. The van der Waals surface area contributed by atoms with Gasteiger partial charge in [-0.25, -0.2) is 9.97 Å². The first kappa shape index (κ1) is 15.4. The largest absolute Gasteiger partial charge is 0.356 e. The van der Waals surface area contributed by atoms with Crippen LogP contribution in [0.2, 0.25) is 0 Å². The highest BCUT2D eigenvalue weighted by molar-refractivity contribution is 7.13. The minimum Gasteiger partial charge on any atom is -0.356 e. The van der Waals surface area contributed by atoms with Gasteiger partial charge in [-0.3, -0.25) is 4.79 Å². The van der Waals surface area contributed by atoms with Gasteiger partial charge in [0.05, 0.1) is 12.1 Å². The number of hydrogen-bond acceptors (Lipinski definition) is 5. The number of amides is 1. The number of aromatic nitrogens is 2. The van der Waals surface area contributed by atoms with Crippen LogP contribution in [0.1, 0.15) is 26.0 Å². The lowest BCUT2D eigenvalue weighted by atomic mass is 10.1. The fraction of sp³-hybridized carbons (Fsp3) is 0.400. The van der Waals surface area contributed by atoms with E-state index in [-0.39, 0.29) is 5.91 Å². The van der Waals surface area contributed by atoms with E-state index < -0.39 is 0 Å². The van der Waals surface area contributed by atoms with Gasteiger partial charge >= 0.3 is 0 Å². The Morgan fingerprint density at radius 2 is 2.24 bits per heavy atom. The van der Waals surface area contributed by atoms with Gasteiger partial charge in [0.1, 0.15) is 5.82 Å². The third kappa shape index (κ3) is 5.51. The molecule has 2 aromatic rings. The number of hydrogen-bond donors (Lipinski definition) is 2. The van der Waals surface area contributed by atoms with Crippen LogP contribution in [0.5, 0.6) is 0 Å². The highest BCUT2D eigenvalue weighted by Gasteiger charge is 2.08. The molecule has 2 heterocycles. The summed E-state index contributed by atoms with van der Waals surface area (Å²) in [4.78, 5) is 20.4. The second-order valence-corrected chi connectivity index (χ2v) is 6.05. The molecule has 1 amide bonds. The summed E-state index contributed by atoms with van der Waals surface area (Å²) in [5, 5.41) is 8.68. The maximum absolute atomic E-state index is 11.8. The molecule has 0 aliphatic rings. The molecule has 21 heavy (non-hydrogen) atoms. The lowest BCUT2D eigenvalue weighted by Crippen LogP contribution is -2.26. The highest BCUT2D eigenvalue weighted by Crippen LogP contribution is 2.19. The van der Waals surface area contributed by atoms with Crippen molar-refractivity contribution in [1.82, 2.24) is 15.3 Å². The zero-order valence-corrected chi connectivity index (χ0v) is 13.1. The lowest BCUT2D eigenvalue weighted by Gasteiger charge is -2.06. The molecule has 0 aromatic carbocycles. The fourth-order valence-corrected chi connectivity index (χ4v) is 2.44. The predicted octanol–water partition coefficient (Wildman–Crippen LogP) is 2.99. The second-order valence-electron chi connectivity index (χ2n) is 5.19. The van der Waals surface area contributed by atoms with E-state index in [1.54, 1.807) is 6.20 Å². The van der Waals surface area contributed by atoms with Crippen LogP contribution in [0.25, 0.3) is 0 Å². The Kier molecular flexibility index (Phi) is 5.68. The Bertz CT molecular complexity index is 568. The second kappa shape index (κ2) is 7.73. The predicted molar refractivity (Wildman–Crippen MR) is 85.8 cm³/mol. The van der Waals surface area contributed by atoms with Crippen molar-refractivity contribution in [1.29, 1.82) is 0 Å². The molecule has 5 nitrogen and oxygen atoms in total. The topological polar surface area (TPSA) is 66.9 Å². The van der Waals surface area contributed by atoms with E-state index in [2.05, 4.69) is 34.4 Å². The van der Waals surface area contributed by atoms with Gasteiger partial charge in [0.15, 0.2) is 5.13 Å². The summed E-state index contributed by atoms with van der Waals surface area (Å²) in [6, 6.07) is 5.64. The Labute approximate surface area is 128 Å². The van der Waals surface area contributed by atoms with E-state index in [1.165, 1.54) is 11.3 Å². The maximum atomic E-state index is 11.8. The van der Waals surface area contributed by atoms with Gasteiger partial charge in [-0.2, -0.15) is 0 Å². The van der Waals surface area contributed by atoms with Crippen molar-refractivity contribution < 1.29 is 4.79 Å². The third-order valence-corrected chi connectivity index (χ3v) is 3.64. The first-order chi connectivity index (χ1) is 10.1. The van der Waals surface area contributed by atoms with E-state index in [4.69, 9.17) is 0 Å². The van der Waals surface area contributed by atoms with Crippen molar-refractivity contribution in [2.75, 3.05) is 11.9 Å². The molecule has 0 bridgehead atoms. The van der Waals surface area contributed by atoms with Gasteiger partial charge < -0.3 is 10.6 Å². The normalized spacial score (nSPS) is 10.6. The van der Waals surface area contributed by atoms with Crippen molar-refractivity contribution in [2.45, 2.75) is 26.7 Å². The summed E-state index contributed by atoms with van der Waals surface area (Å²) in [7, 11) is 0. The lowest BCUT2D eigenvalue weighted by molar-refractivity contribution is -0.120. The van der Waals surface area contributed by atoms with Crippen molar-refractivity contribution in [3.8, 4) is 0 Å². The standard InChI is InChI=1S/C15H20N4OS/c1-11(2)6-8-17-14(20)9-12-10-21-15(18-12)19-13-5-3-4-7-16-13/h3-5,7,10-11H,6,8-9H2,1-2H3,(H,17,20)(H,16,18,19). The first-order valence-corrected chi connectivity index (χ1v) is 7.90. The number of rotatable bonds is 7. The van der Waals surface area contributed by atoms with Gasteiger partial charge in [0, 0.05) is 18.1 Å². The molecule has 0 radical (unpaired) electrons. The van der Waals surface area contributed by atoms with Crippen LogP contribution in [0.3, 0.4) is 0 Å². The maximum Gasteiger partial charge on any atom is 0.226 e. The van der Waals surface area contributed by atoms with Crippen LogP contribution >= 0.6 is 11.3 Å². The molecule has 112 valence electrons. The molecule has 0 saturated carbocycles. The van der Waals surface area contributed by atoms with Crippen LogP contribution in [0, 0.1) is 5.92 Å². The van der Waals surface area contributed by atoms with Crippen LogP contribution in [-0.4, -0.2) is 22.4 Å². The molecule has 2 rings (SSSR count). The van der Waals surface area contributed by atoms with Crippen molar-refractivity contribution in [3.63, 3.8) is 0 Å².